The molecule has 0 heterocycles. The molecule has 0 radical (unpaired) electrons. The van der Waals surface area contributed by atoms with Crippen LogP contribution in [-0.4, -0.2) is 5.78 Å². The van der Waals surface area contributed by atoms with Gasteiger partial charge >= 0.3 is 0 Å². The highest BCUT2D eigenvalue weighted by Gasteiger charge is 2.22. The molecule has 1 aliphatic rings. The maximum atomic E-state index is 11.0. The van der Waals surface area contributed by atoms with E-state index in [9.17, 15) is 4.79 Å². The number of carbonyl (C=O) groups is 1. The van der Waals surface area contributed by atoms with Crippen LogP contribution in [0.5, 0.6) is 0 Å². The van der Waals surface area contributed by atoms with Crippen LogP contribution < -0.4 is 0 Å². The minimum Gasteiger partial charge on any atom is -0.295 e. The van der Waals surface area contributed by atoms with Gasteiger partial charge in [-0.2, -0.15) is 0 Å². The molecule has 0 bridgehead atoms. The largest absolute Gasteiger partial charge is 0.295 e. The first-order valence-corrected chi connectivity index (χ1v) is 3.74. The van der Waals surface area contributed by atoms with Gasteiger partial charge in [0.1, 0.15) is 0 Å². The van der Waals surface area contributed by atoms with Gasteiger partial charge in [-0.3, -0.25) is 4.79 Å². The Labute approximate surface area is 62.1 Å². The highest BCUT2D eigenvalue weighted by atomic mass is 16.1. The maximum Gasteiger partial charge on any atom is 0.158 e. The molecule has 0 aromatic rings. The van der Waals surface area contributed by atoms with Crippen molar-refractivity contribution in [3.05, 3.63) is 11.6 Å². The van der Waals surface area contributed by atoms with E-state index in [4.69, 9.17) is 0 Å². The summed E-state index contributed by atoms with van der Waals surface area (Å²) in [6.45, 7) is 6.25. The van der Waals surface area contributed by atoms with Crippen LogP contribution in [0.1, 0.15) is 33.6 Å². The molecule has 0 atom stereocenters. The Balaban J connectivity index is 2.86. The first-order chi connectivity index (χ1) is 4.51. The molecule has 1 rings (SSSR count). The molecule has 1 nitrogen and oxygen atoms in total. The zero-order valence-electron chi connectivity index (χ0n) is 6.90. The first-order valence-electron chi connectivity index (χ1n) is 3.74. The third kappa shape index (κ3) is 1.47. The summed E-state index contributed by atoms with van der Waals surface area (Å²) >= 11 is 0. The number of Topliss-reactive ketones (excluding diaryl/α,β-unsaturated/α-hetero) is 1. The molecular formula is C9H14O. The van der Waals surface area contributed by atoms with E-state index >= 15 is 0 Å². The van der Waals surface area contributed by atoms with Crippen molar-refractivity contribution in [2.24, 2.45) is 5.41 Å². The van der Waals surface area contributed by atoms with Crippen LogP contribution in [0.25, 0.3) is 0 Å². The van der Waals surface area contributed by atoms with Crippen LogP contribution >= 0.6 is 0 Å². The monoisotopic (exact) mass is 138 g/mol. The molecule has 0 amide bonds. The van der Waals surface area contributed by atoms with Gasteiger partial charge in [-0.1, -0.05) is 19.9 Å². The van der Waals surface area contributed by atoms with E-state index in [-0.39, 0.29) is 5.41 Å². The van der Waals surface area contributed by atoms with Gasteiger partial charge < -0.3 is 0 Å². The smallest absolute Gasteiger partial charge is 0.158 e. The van der Waals surface area contributed by atoms with Gasteiger partial charge in [-0.15, -0.1) is 0 Å². The summed E-state index contributed by atoms with van der Waals surface area (Å²) in [6.07, 6.45) is 3.82. The van der Waals surface area contributed by atoms with E-state index in [0.717, 1.165) is 18.4 Å². The summed E-state index contributed by atoms with van der Waals surface area (Å²) < 4.78 is 0. The molecule has 1 aliphatic carbocycles. The second-order valence-electron chi connectivity index (χ2n) is 3.74. The number of rotatable bonds is 0. The fourth-order valence-electron chi connectivity index (χ4n) is 1.37. The number of ketones is 1. The molecule has 0 fully saturated rings. The molecule has 1 heteroatoms. The van der Waals surface area contributed by atoms with Crippen molar-refractivity contribution in [3.8, 4) is 0 Å². The van der Waals surface area contributed by atoms with E-state index in [0.29, 0.717) is 5.78 Å². The molecule has 0 saturated carbocycles. The lowest BCUT2D eigenvalue weighted by Crippen LogP contribution is -2.18. The van der Waals surface area contributed by atoms with Gasteiger partial charge in [0.15, 0.2) is 5.78 Å². The van der Waals surface area contributed by atoms with Gasteiger partial charge in [0, 0.05) is 6.42 Å². The number of hydrogen-bond donors (Lipinski definition) is 0. The van der Waals surface area contributed by atoms with E-state index < -0.39 is 0 Å². The predicted molar refractivity (Wildman–Crippen MR) is 41.8 cm³/mol. The summed E-state index contributed by atoms with van der Waals surface area (Å²) in [7, 11) is 0. The van der Waals surface area contributed by atoms with Crippen LogP contribution in [0, 0.1) is 5.41 Å². The van der Waals surface area contributed by atoms with Crippen molar-refractivity contribution < 1.29 is 4.79 Å². The molecular weight excluding hydrogens is 124 g/mol. The number of carbonyl (C=O) groups excluding carboxylic acids is 1. The van der Waals surface area contributed by atoms with Crippen molar-refractivity contribution in [1.29, 1.82) is 0 Å². The molecule has 56 valence electrons. The summed E-state index contributed by atoms with van der Waals surface area (Å²) in [5.74, 6) is 0.319. The Morgan fingerprint density at radius 3 is 2.50 bits per heavy atom. The van der Waals surface area contributed by atoms with Crippen LogP contribution in [0.2, 0.25) is 0 Å². The van der Waals surface area contributed by atoms with E-state index in [2.05, 4.69) is 19.9 Å². The lowest BCUT2D eigenvalue weighted by molar-refractivity contribution is -0.116. The molecule has 0 aliphatic heterocycles. The van der Waals surface area contributed by atoms with Crippen molar-refractivity contribution in [1.82, 2.24) is 0 Å². The Hall–Kier alpha value is -0.590. The van der Waals surface area contributed by atoms with Gasteiger partial charge in [-0.05, 0) is 24.3 Å². The average molecular weight is 138 g/mol. The zero-order valence-corrected chi connectivity index (χ0v) is 6.90. The minimum atomic E-state index is 0.248. The topological polar surface area (TPSA) is 17.1 Å². The second kappa shape index (κ2) is 2.22. The molecule has 0 aromatic heterocycles. The van der Waals surface area contributed by atoms with Crippen molar-refractivity contribution in [3.63, 3.8) is 0 Å². The molecule has 0 spiro atoms. The fraction of sp³-hybridized carbons (Fsp3) is 0.667. The fourth-order valence-corrected chi connectivity index (χ4v) is 1.37. The molecule has 0 aromatic carbocycles. The SMILES string of the molecule is CC1=CC(C)(C)CCC1=O. The van der Waals surface area contributed by atoms with Crippen molar-refractivity contribution >= 4 is 5.78 Å². The summed E-state index contributed by atoms with van der Waals surface area (Å²) in [6, 6.07) is 0. The van der Waals surface area contributed by atoms with Crippen LogP contribution in [0.3, 0.4) is 0 Å². The summed E-state index contributed by atoms with van der Waals surface area (Å²) in [5, 5.41) is 0. The normalized spacial score (nSPS) is 24.3. The third-order valence-corrected chi connectivity index (χ3v) is 2.04. The Bertz CT molecular complexity index is 187. The average Bonchev–Trinajstić information content (AvgIpc) is 1.79. The Morgan fingerprint density at radius 2 is 2.10 bits per heavy atom. The number of hydrogen-bond acceptors (Lipinski definition) is 1. The summed E-state index contributed by atoms with van der Waals surface area (Å²) in [5.41, 5.74) is 1.19. The zero-order chi connectivity index (χ0) is 7.78. The van der Waals surface area contributed by atoms with Crippen LogP contribution in [0.15, 0.2) is 11.6 Å². The summed E-state index contributed by atoms with van der Waals surface area (Å²) in [4.78, 5) is 11.0. The quantitative estimate of drug-likeness (QED) is 0.502. The first kappa shape index (κ1) is 7.52. The maximum absolute atomic E-state index is 11.0. The minimum absolute atomic E-state index is 0.248. The van der Waals surface area contributed by atoms with E-state index in [1.807, 2.05) is 6.92 Å². The molecule has 0 N–H and O–H groups in total. The molecule has 0 saturated heterocycles. The van der Waals surface area contributed by atoms with Crippen molar-refractivity contribution in [2.75, 3.05) is 0 Å². The molecule has 0 unspecified atom stereocenters. The predicted octanol–water partition coefficient (Wildman–Crippen LogP) is 2.32. The highest BCUT2D eigenvalue weighted by molar-refractivity contribution is 5.95. The Morgan fingerprint density at radius 1 is 1.50 bits per heavy atom. The standard InChI is InChI=1S/C9H14O/c1-7-6-9(2,3)5-4-8(7)10/h6H,4-5H2,1-3H3. The van der Waals surface area contributed by atoms with Gasteiger partial charge in [0.05, 0.1) is 0 Å². The van der Waals surface area contributed by atoms with Crippen molar-refractivity contribution in [2.45, 2.75) is 33.6 Å². The third-order valence-electron chi connectivity index (χ3n) is 2.04. The lowest BCUT2D eigenvalue weighted by atomic mass is 9.80. The Kier molecular flexibility index (Phi) is 1.67. The van der Waals surface area contributed by atoms with E-state index in [1.165, 1.54) is 0 Å². The van der Waals surface area contributed by atoms with Gasteiger partial charge in [0.2, 0.25) is 0 Å². The number of allylic oxidation sites excluding steroid dienone is 2. The van der Waals surface area contributed by atoms with Crippen LogP contribution in [-0.2, 0) is 4.79 Å². The van der Waals surface area contributed by atoms with Gasteiger partial charge in [0.25, 0.3) is 0 Å². The van der Waals surface area contributed by atoms with Gasteiger partial charge in [-0.25, -0.2) is 0 Å². The second-order valence-corrected chi connectivity index (χ2v) is 3.74. The van der Waals surface area contributed by atoms with Crippen LogP contribution in [0.4, 0.5) is 0 Å². The van der Waals surface area contributed by atoms with E-state index in [1.54, 1.807) is 0 Å². The highest BCUT2D eigenvalue weighted by Crippen LogP contribution is 2.30. The lowest BCUT2D eigenvalue weighted by Gasteiger charge is -2.25. The molecule has 10 heavy (non-hydrogen) atoms.